The summed E-state index contributed by atoms with van der Waals surface area (Å²) in [7, 11) is 2.20. The van der Waals surface area contributed by atoms with E-state index in [9.17, 15) is 0 Å². The minimum Gasteiger partial charge on any atom is -0.473 e. The van der Waals surface area contributed by atoms with Crippen LogP contribution >= 0.6 is 0 Å². The maximum absolute atomic E-state index is 9.10. The molecule has 0 bridgehead atoms. The van der Waals surface area contributed by atoms with Gasteiger partial charge in [-0.05, 0) is 20.0 Å². The zero-order valence-electron chi connectivity index (χ0n) is 8.69. The number of nitrogens with one attached hydrogen (secondary N) is 1. The second-order valence-corrected chi connectivity index (χ2v) is 4.21. The van der Waals surface area contributed by atoms with E-state index in [-0.39, 0.29) is 0 Å². The van der Waals surface area contributed by atoms with Crippen molar-refractivity contribution in [1.82, 2.24) is 10.2 Å². The molecule has 0 saturated carbocycles. The monoisotopic (exact) mass is 216 g/mol. The Morgan fingerprint density at radius 3 is 2.07 bits per heavy atom. The lowest BCUT2D eigenvalue weighted by Crippen LogP contribution is -2.55. The molecule has 2 heterocycles. The largest absolute Gasteiger partial charge is 0.473 e. The van der Waals surface area contributed by atoms with Crippen LogP contribution in [0.25, 0.3) is 0 Å². The number of hydrogen-bond donors (Lipinski definition) is 3. The Balaban J connectivity index is 0.000000167. The number of nitrogens with zero attached hydrogens (tertiary/aromatic N) is 1. The Labute approximate surface area is 87.9 Å². The van der Waals surface area contributed by atoms with Gasteiger partial charge in [-0.15, -0.1) is 0 Å². The van der Waals surface area contributed by atoms with Gasteiger partial charge in [-0.2, -0.15) is 0 Å². The first-order valence-corrected chi connectivity index (χ1v) is 4.81. The topological polar surface area (TPSA) is 89.9 Å². The van der Waals surface area contributed by atoms with E-state index in [1.165, 1.54) is 32.6 Å². The second kappa shape index (κ2) is 4.59. The number of hydrogen-bond acceptors (Lipinski definition) is 4. The highest BCUT2D eigenvalue weighted by Gasteiger charge is 2.42. The van der Waals surface area contributed by atoms with Gasteiger partial charge in [0.1, 0.15) is 0 Å². The van der Waals surface area contributed by atoms with Crippen LogP contribution in [0.5, 0.6) is 0 Å². The number of carboxylic acid groups (broad SMARTS) is 2. The van der Waals surface area contributed by atoms with Gasteiger partial charge in [0.15, 0.2) is 0 Å². The molecular formula is C9H16N2O4. The molecule has 2 aliphatic rings. The number of carbonyl (C=O) groups is 2. The SMILES string of the molecule is CN1CC2(CCNC2)C1.O=C(O)C(=O)O. The molecule has 0 aliphatic carbocycles. The Bertz CT molecular complexity index is 241. The summed E-state index contributed by atoms with van der Waals surface area (Å²) in [4.78, 5) is 20.6. The molecular weight excluding hydrogens is 200 g/mol. The molecule has 2 rings (SSSR count). The zero-order valence-corrected chi connectivity index (χ0v) is 8.69. The molecule has 15 heavy (non-hydrogen) atoms. The standard InChI is InChI=1S/C7H14N2.C2H2O4/c1-9-5-7(6-9)2-3-8-4-7;3-1(4)2(5)6/h8H,2-6H2,1H3;(H,3,4)(H,5,6). The lowest BCUT2D eigenvalue weighted by Gasteiger charge is -2.45. The van der Waals surface area contributed by atoms with E-state index >= 15 is 0 Å². The highest BCUT2D eigenvalue weighted by atomic mass is 16.4. The van der Waals surface area contributed by atoms with Gasteiger partial charge in [-0.3, -0.25) is 0 Å². The molecule has 0 aromatic heterocycles. The quantitative estimate of drug-likeness (QED) is 0.453. The molecule has 6 heteroatoms. The van der Waals surface area contributed by atoms with Gasteiger partial charge in [0.05, 0.1) is 0 Å². The summed E-state index contributed by atoms with van der Waals surface area (Å²) < 4.78 is 0. The van der Waals surface area contributed by atoms with Crippen molar-refractivity contribution >= 4 is 11.9 Å². The number of aliphatic carboxylic acids is 2. The summed E-state index contributed by atoms with van der Waals surface area (Å²) in [5.74, 6) is -3.65. The molecule has 0 aromatic rings. The van der Waals surface area contributed by atoms with E-state index in [0.717, 1.165) is 0 Å². The van der Waals surface area contributed by atoms with E-state index in [1.54, 1.807) is 0 Å². The average molecular weight is 216 g/mol. The van der Waals surface area contributed by atoms with Crippen molar-refractivity contribution in [2.24, 2.45) is 5.41 Å². The number of likely N-dealkylation sites (tertiary alicyclic amines) is 1. The fraction of sp³-hybridized carbons (Fsp3) is 0.778. The first-order valence-electron chi connectivity index (χ1n) is 4.81. The predicted molar refractivity (Wildman–Crippen MR) is 52.7 cm³/mol. The van der Waals surface area contributed by atoms with Crippen molar-refractivity contribution in [3.05, 3.63) is 0 Å². The molecule has 2 saturated heterocycles. The number of carboxylic acids is 2. The van der Waals surface area contributed by atoms with E-state index in [1.807, 2.05) is 0 Å². The molecule has 6 nitrogen and oxygen atoms in total. The van der Waals surface area contributed by atoms with Crippen molar-refractivity contribution in [3.63, 3.8) is 0 Å². The zero-order chi connectivity index (χ0) is 11.5. The van der Waals surface area contributed by atoms with E-state index < -0.39 is 11.9 Å². The molecule has 0 atom stereocenters. The van der Waals surface area contributed by atoms with Crippen molar-refractivity contribution in [2.75, 3.05) is 33.2 Å². The van der Waals surface area contributed by atoms with Crippen LogP contribution in [0.3, 0.4) is 0 Å². The van der Waals surface area contributed by atoms with Crippen LogP contribution < -0.4 is 5.32 Å². The van der Waals surface area contributed by atoms with Gasteiger partial charge in [0, 0.05) is 25.0 Å². The molecule has 3 N–H and O–H groups in total. The fourth-order valence-electron chi connectivity index (χ4n) is 2.16. The van der Waals surface area contributed by atoms with Gasteiger partial charge in [0.2, 0.25) is 0 Å². The van der Waals surface area contributed by atoms with Crippen LogP contribution in [0.1, 0.15) is 6.42 Å². The number of rotatable bonds is 0. The predicted octanol–water partition coefficient (Wildman–Crippen LogP) is -0.933. The maximum atomic E-state index is 9.10. The van der Waals surface area contributed by atoms with Crippen molar-refractivity contribution in [2.45, 2.75) is 6.42 Å². The molecule has 2 aliphatic heterocycles. The van der Waals surface area contributed by atoms with E-state index in [2.05, 4.69) is 17.3 Å². The van der Waals surface area contributed by atoms with Gasteiger partial charge < -0.3 is 20.4 Å². The van der Waals surface area contributed by atoms with Gasteiger partial charge in [-0.25, -0.2) is 9.59 Å². The summed E-state index contributed by atoms with van der Waals surface area (Å²) in [6.07, 6.45) is 1.40. The van der Waals surface area contributed by atoms with Crippen LogP contribution in [0, 0.1) is 5.41 Å². The summed E-state index contributed by atoms with van der Waals surface area (Å²) in [5.41, 5.74) is 0.703. The summed E-state index contributed by atoms with van der Waals surface area (Å²) in [6.45, 7) is 5.14. The minimum atomic E-state index is -1.82. The first-order chi connectivity index (χ1) is 6.95. The highest BCUT2D eigenvalue weighted by Crippen LogP contribution is 2.34. The van der Waals surface area contributed by atoms with Gasteiger partial charge >= 0.3 is 11.9 Å². The highest BCUT2D eigenvalue weighted by molar-refractivity contribution is 6.27. The van der Waals surface area contributed by atoms with Crippen molar-refractivity contribution < 1.29 is 19.8 Å². The van der Waals surface area contributed by atoms with Gasteiger partial charge in [0.25, 0.3) is 0 Å². The molecule has 86 valence electrons. The third-order valence-corrected chi connectivity index (χ3v) is 2.73. The van der Waals surface area contributed by atoms with Crippen LogP contribution in [0.4, 0.5) is 0 Å². The Morgan fingerprint density at radius 2 is 1.80 bits per heavy atom. The third-order valence-electron chi connectivity index (χ3n) is 2.73. The first kappa shape index (κ1) is 11.9. The van der Waals surface area contributed by atoms with Crippen LogP contribution in [0.2, 0.25) is 0 Å². The summed E-state index contributed by atoms with van der Waals surface area (Å²) >= 11 is 0. The van der Waals surface area contributed by atoms with Crippen LogP contribution in [-0.4, -0.2) is 60.3 Å². The average Bonchev–Trinajstić information content (AvgIpc) is 2.53. The fourth-order valence-corrected chi connectivity index (χ4v) is 2.16. The van der Waals surface area contributed by atoms with Gasteiger partial charge in [-0.1, -0.05) is 0 Å². The molecule has 2 fully saturated rings. The summed E-state index contributed by atoms with van der Waals surface area (Å²) in [6, 6.07) is 0. The van der Waals surface area contributed by atoms with Crippen LogP contribution in [0.15, 0.2) is 0 Å². The van der Waals surface area contributed by atoms with Crippen molar-refractivity contribution in [1.29, 1.82) is 0 Å². The van der Waals surface area contributed by atoms with E-state index in [4.69, 9.17) is 19.8 Å². The Hall–Kier alpha value is -1.14. The van der Waals surface area contributed by atoms with Crippen molar-refractivity contribution in [3.8, 4) is 0 Å². The molecule has 0 aromatic carbocycles. The summed E-state index contributed by atoms with van der Waals surface area (Å²) in [5, 5.41) is 18.2. The molecule has 0 amide bonds. The molecule has 0 unspecified atom stereocenters. The van der Waals surface area contributed by atoms with Crippen LogP contribution in [-0.2, 0) is 9.59 Å². The Morgan fingerprint density at radius 1 is 1.27 bits per heavy atom. The smallest absolute Gasteiger partial charge is 0.414 e. The van der Waals surface area contributed by atoms with E-state index in [0.29, 0.717) is 5.41 Å². The lowest BCUT2D eigenvalue weighted by atomic mass is 9.80. The normalized spacial score (nSPS) is 22.7. The molecule has 1 spiro atoms. The molecule has 0 radical (unpaired) electrons. The minimum absolute atomic E-state index is 0.703. The lowest BCUT2D eigenvalue weighted by molar-refractivity contribution is -0.159. The second-order valence-electron chi connectivity index (χ2n) is 4.21. The maximum Gasteiger partial charge on any atom is 0.414 e. The Kier molecular flexibility index (Phi) is 3.65. The third kappa shape index (κ3) is 3.17.